The molecular formula is C11H15NOS. The standard InChI is InChI=1S/C11H15NOS/c1-3-10(4-6-13)8-11(5-7-14)9(2)12/h5-8,12H,3-4H2,1-2H3/b10-8-,11-5+,12-9?. The normalized spacial score (nSPS) is 12.4. The molecule has 0 saturated carbocycles. The maximum absolute atomic E-state index is 10.3. The number of hydrogen-bond acceptors (Lipinski definition) is 3. The lowest BCUT2D eigenvalue weighted by Crippen LogP contribution is -1.95. The first-order valence-electron chi connectivity index (χ1n) is 4.49. The van der Waals surface area contributed by atoms with Gasteiger partial charge < -0.3 is 10.2 Å². The van der Waals surface area contributed by atoms with Gasteiger partial charge in [0.25, 0.3) is 0 Å². The van der Waals surface area contributed by atoms with Crippen LogP contribution in [0.3, 0.4) is 0 Å². The van der Waals surface area contributed by atoms with Crippen LogP contribution in [0.15, 0.2) is 23.3 Å². The number of carbonyl (C=O) groups excluding carboxylic acids is 1. The minimum atomic E-state index is 0.429. The summed E-state index contributed by atoms with van der Waals surface area (Å²) in [7, 11) is 0. The van der Waals surface area contributed by atoms with E-state index in [0.717, 1.165) is 23.9 Å². The molecule has 0 aliphatic carbocycles. The van der Waals surface area contributed by atoms with Crippen LogP contribution in [0.25, 0.3) is 0 Å². The second-order valence-electron chi connectivity index (χ2n) is 2.91. The van der Waals surface area contributed by atoms with Crippen molar-refractivity contribution in [1.82, 2.24) is 0 Å². The molecule has 1 N–H and O–H groups in total. The largest absolute Gasteiger partial charge is 0.305 e. The molecule has 0 aromatic carbocycles. The van der Waals surface area contributed by atoms with Gasteiger partial charge in [-0.15, -0.1) is 0 Å². The summed E-state index contributed by atoms with van der Waals surface area (Å²) in [4.78, 5) is 10.3. The molecule has 3 heteroatoms. The molecule has 14 heavy (non-hydrogen) atoms. The SMILES string of the molecule is CC/C(=C/C(=C\C=S)C(C)=N)CC=O. The number of carbonyl (C=O) groups is 1. The summed E-state index contributed by atoms with van der Waals surface area (Å²) >= 11 is 4.70. The van der Waals surface area contributed by atoms with Crippen molar-refractivity contribution in [2.75, 3.05) is 0 Å². The molecule has 0 bridgehead atoms. The Morgan fingerprint density at radius 1 is 1.50 bits per heavy atom. The number of allylic oxidation sites excluding steroid dienone is 4. The van der Waals surface area contributed by atoms with Crippen LogP contribution in [0, 0.1) is 5.41 Å². The van der Waals surface area contributed by atoms with Gasteiger partial charge in [0.15, 0.2) is 0 Å². The fraction of sp³-hybridized carbons (Fsp3) is 0.364. The van der Waals surface area contributed by atoms with Crippen LogP contribution in [-0.2, 0) is 4.79 Å². The summed E-state index contributed by atoms with van der Waals surface area (Å²) in [5, 5.41) is 8.97. The van der Waals surface area contributed by atoms with E-state index in [2.05, 4.69) is 0 Å². The number of aldehydes is 1. The van der Waals surface area contributed by atoms with Gasteiger partial charge in [0.1, 0.15) is 6.29 Å². The highest BCUT2D eigenvalue weighted by atomic mass is 32.1. The maximum atomic E-state index is 10.3. The van der Waals surface area contributed by atoms with E-state index in [9.17, 15) is 4.79 Å². The molecule has 0 aliphatic heterocycles. The highest BCUT2D eigenvalue weighted by Crippen LogP contribution is 2.10. The molecule has 0 aromatic heterocycles. The Hall–Kier alpha value is -1.09. The van der Waals surface area contributed by atoms with Gasteiger partial charge in [-0.1, -0.05) is 30.8 Å². The molecular weight excluding hydrogens is 194 g/mol. The van der Waals surface area contributed by atoms with Crippen LogP contribution < -0.4 is 0 Å². The zero-order valence-electron chi connectivity index (χ0n) is 8.54. The van der Waals surface area contributed by atoms with Gasteiger partial charge in [-0.25, -0.2) is 0 Å². The third-order valence-corrected chi connectivity index (χ3v) is 1.98. The average Bonchev–Trinajstić information content (AvgIpc) is 2.15. The van der Waals surface area contributed by atoms with E-state index in [0.29, 0.717) is 12.1 Å². The highest BCUT2D eigenvalue weighted by Gasteiger charge is 1.98. The van der Waals surface area contributed by atoms with E-state index in [4.69, 9.17) is 17.6 Å². The predicted molar refractivity (Wildman–Crippen MR) is 64.2 cm³/mol. The zero-order valence-corrected chi connectivity index (χ0v) is 9.36. The maximum Gasteiger partial charge on any atom is 0.124 e. The molecule has 76 valence electrons. The lowest BCUT2D eigenvalue weighted by atomic mass is 10.0. The predicted octanol–water partition coefficient (Wildman–Crippen LogP) is 2.88. The van der Waals surface area contributed by atoms with Crippen molar-refractivity contribution in [2.24, 2.45) is 0 Å². The van der Waals surface area contributed by atoms with Crippen LogP contribution in [-0.4, -0.2) is 17.4 Å². The fourth-order valence-corrected chi connectivity index (χ4v) is 1.13. The minimum Gasteiger partial charge on any atom is -0.305 e. The minimum absolute atomic E-state index is 0.429. The summed E-state index contributed by atoms with van der Waals surface area (Å²) < 4.78 is 0. The fourth-order valence-electron chi connectivity index (χ4n) is 0.987. The lowest BCUT2D eigenvalue weighted by molar-refractivity contribution is -0.107. The quantitative estimate of drug-likeness (QED) is 0.240. The summed E-state index contributed by atoms with van der Waals surface area (Å²) in [6.07, 6.45) is 5.70. The van der Waals surface area contributed by atoms with Crippen molar-refractivity contribution >= 4 is 29.6 Å². The molecule has 0 unspecified atom stereocenters. The second-order valence-corrected chi connectivity index (χ2v) is 3.18. The Morgan fingerprint density at radius 3 is 2.50 bits per heavy atom. The van der Waals surface area contributed by atoms with Gasteiger partial charge in [0.2, 0.25) is 0 Å². The molecule has 0 radical (unpaired) electrons. The summed E-state index contributed by atoms with van der Waals surface area (Å²) in [5.41, 5.74) is 2.26. The molecule has 0 atom stereocenters. The smallest absolute Gasteiger partial charge is 0.124 e. The first-order chi connectivity index (χ1) is 6.65. The van der Waals surface area contributed by atoms with Crippen molar-refractivity contribution in [1.29, 1.82) is 5.41 Å². The molecule has 0 saturated heterocycles. The molecule has 0 aromatic rings. The van der Waals surface area contributed by atoms with E-state index >= 15 is 0 Å². The monoisotopic (exact) mass is 209 g/mol. The molecule has 0 heterocycles. The van der Waals surface area contributed by atoms with Gasteiger partial charge in [-0.2, -0.15) is 0 Å². The van der Waals surface area contributed by atoms with Crippen LogP contribution in [0.2, 0.25) is 0 Å². The lowest BCUT2D eigenvalue weighted by Gasteiger charge is -2.02. The first kappa shape index (κ1) is 12.9. The van der Waals surface area contributed by atoms with E-state index < -0.39 is 0 Å². The van der Waals surface area contributed by atoms with Crippen molar-refractivity contribution in [2.45, 2.75) is 26.7 Å². The Morgan fingerprint density at radius 2 is 2.14 bits per heavy atom. The summed E-state index contributed by atoms with van der Waals surface area (Å²) in [5.74, 6) is 0. The average molecular weight is 209 g/mol. The molecule has 2 nitrogen and oxygen atoms in total. The summed E-state index contributed by atoms with van der Waals surface area (Å²) in [6.45, 7) is 3.69. The van der Waals surface area contributed by atoms with Gasteiger partial charge >= 0.3 is 0 Å². The molecule has 0 fully saturated rings. The summed E-state index contributed by atoms with van der Waals surface area (Å²) in [6, 6.07) is 0. The van der Waals surface area contributed by atoms with Gasteiger partial charge in [-0.3, -0.25) is 0 Å². The van der Waals surface area contributed by atoms with Crippen molar-refractivity contribution in [3.63, 3.8) is 0 Å². The molecule has 0 amide bonds. The number of rotatable bonds is 6. The van der Waals surface area contributed by atoms with Crippen molar-refractivity contribution < 1.29 is 4.79 Å². The van der Waals surface area contributed by atoms with Crippen LogP contribution in [0.4, 0.5) is 0 Å². The molecule has 0 aliphatic rings. The second kappa shape index (κ2) is 7.33. The molecule has 0 spiro atoms. The number of hydrogen-bond donors (Lipinski definition) is 1. The van der Waals surface area contributed by atoms with E-state index in [-0.39, 0.29) is 0 Å². The third-order valence-electron chi connectivity index (χ3n) is 1.84. The van der Waals surface area contributed by atoms with Crippen molar-refractivity contribution in [3.05, 3.63) is 23.3 Å². The third kappa shape index (κ3) is 4.82. The van der Waals surface area contributed by atoms with Crippen LogP contribution >= 0.6 is 12.2 Å². The van der Waals surface area contributed by atoms with Crippen LogP contribution in [0.5, 0.6) is 0 Å². The number of thiocarbonyl (C=S) groups is 1. The van der Waals surface area contributed by atoms with E-state index in [1.165, 1.54) is 5.37 Å². The zero-order chi connectivity index (χ0) is 11.0. The Labute approximate surface area is 90.2 Å². The molecule has 0 rings (SSSR count). The first-order valence-corrected chi connectivity index (χ1v) is 4.96. The Bertz CT molecular complexity index is 290. The van der Waals surface area contributed by atoms with E-state index in [1.807, 2.05) is 13.0 Å². The van der Waals surface area contributed by atoms with Gasteiger partial charge in [0.05, 0.1) is 0 Å². The van der Waals surface area contributed by atoms with Gasteiger partial charge in [0, 0.05) is 17.5 Å². The topological polar surface area (TPSA) is 40.9 Å². The van der Waals surface area contributed by atoms with Gasteiger partial charge in [-0.05, 0) is 25.0 Å². The number of nitrogens with one attached hydrogen (secondary N) is 1. The highest BCUT2D eigenvalue weighted by molar-refractivity contribution is 7.79. The Kier molecular flexibility index (Phi) is 6.76. The van der Waals surface area contributed by atoms with E-state index in [1.54, 1.807) is 13.0 Å². The Balaban J connectivity index is 4.84. The van der Waals surface area contributed by atoms with Crippen LogP contribution in [0.1, 0.15) is 26.7 Å². The van der Waals surface area contributed by atoms with Crippen molar-refractivity contribution in [3.8, 4) is 0 Å².